The third-order valence-electron chi connectivity index (χ3n) is 3.61. The smallest absolute Gasteiger partial charge is 0.256 e. The number of hydrogen-bond acceptors (Lipinski definition) is 2. The molecule has 0 atom stereocenters. The lowest BCUT2D eigenvalue weighted by Crippen LogP contribution is -2.24. The molecule has 6 heteroatoms. The van der Waals surface area contributed by atoms with E-state index in [1.807, 2.05) is 0 Å². The summed E-state index contributed by atoms with van der Waals surface area (Å²) in [6.07, 6.45) is 4.27. The van der Waals surface area contributed by atoms with E-state index in [4.69, 9.17) is 11.6 Å². The molecule has 1 amide bonds. The second kappa shape index (κ2) is 5.85. The largest absolute Gasteiger partial charge is 0.345 e. The highest BCUT2D eigenvalue weighted by atomic mass is 35.5. The molecule has 21 heavy (non-hydrogen) atoms. The van der Waals surface area contributed by atoms with Crippen molar-refractivity contribution in [3.05, 3.63) is 51.8 Å². The molecule has 0 bridgehead atoms. The Morgan fingerprint density at radius 1 is 1.38 bits per heavy atom. The van der Waals surface area contributed by atoms with Gasteiger partial charge in [-0.25, -0.2) is 9.37 Å². The topological polar surface area (TPSA) is 57.8 Å². The van der Waals surface area contributed by atoms with E-state index in [1.54, 1.807) is 0 Å². The van der Waals surface area contributed by atoms with Gasteiger partial charge in [0.1, 0.15) is 11.6 Å². The van der Waals surface area contributed by atoms with Gasteiger partial charge in [0.25, 0.3) is 5.91 Å². The molecule has 2 aromatic rings. The van der Waals surface area contributed by atoms with Gasteiger partial charge in [0.05, 0.1) is 22.8 Å². The average molecular weight is 308 g/mol. The molecule has 110 valence electrons. The second-order valence-corrected chi connectivity index (χ2v) is 5.50. The lowest BCUT2D eigenvalue weighted by atomic mass is 10.0. The Hall–Kier alpha value is -1.88. The van der Waals surface area contributed by atoms with Gasteiger partial charge in [-0.05, 0) is 37.8 Å². The van der Waals surface area contributed by atoms with E-state index in [0.29, 0.717) is 5.82 Å². The first kappa shape index (κ1) is 14.1. The van der Waals surface area contributed by atoms with Crippen LogP contribution >= 0.6 is 11.6 Å². The van der Waals surface area contributed by atoms with Gasteiger partial charge in [-0.3, -0.25) is 4.79 Å². The molecule has 1 aliphatic rings. The number of carbonyl (C=O) groups excluding carboxylic acids is 1. The first-order chi connectivity index (χ1) is 10.1. The molecule has 0 aliphatic heterocycles. The molecule has 0 fully saturated rings. The molecule has 4 nitrogen and oxygen atoms in total. The third kappa shape index (κ3) is 2.93. The van der Waals surface area contributed by atoms with E-state index >= 15 is 0 Å². The predicted molar refractivity (Wildman–Crippen MR) is 77.8 cm³/mol. The summed E-state index contributed by atoms with van der Waals surface area (Å²) in [5.41, 5.74) is 2.10. The first-order valence-electron chi connectivity index (χ1n) is 6.94. The van der Waals surface area contributed by atoms with Gasteiger partial charge in [-0.2, -0.15) is 0 Å². The number of rotatable bonds is 3. The van der Waals surface area contributed by atoms with Gasteiger partial charge in [0.15, 0.2) is 0 Å². The number of aryl methyl sites for hydroxylation is 2. The number of benzene rings is 1. The molecule has 0 unspecified atom stereocenters. The van der Waals surface area contributed by atoms with Crippen molar-refractivity contribution < 1.29 is 9.18 Å². The summed E-state index contributed by atoms with van der Waals surface area (Å²) in [6.45, 7) is 0.233. The van der Waals surface area contributed by atoms with Crippen LogP contribution in [0.5, 0.6) is 0 Å². The Bertz CT molecular complexity index is 640. The summed E-state index contributed by atoms with van der Waals surface area (Å²) in [6, 6.07) is 4.17. The van der Waals surface area contributed by atoms with Crippen LogP contribution in [0.2, 0.25) is 5.02 Å². The van der Waals surface area contributed by atoms with Gasteiger partial charge in [-0.1, -0.05) is 17.7 Å². The predicted octanol–water partition coefficient (Wildman–Crippen LogP) is 3.01. The first-order valence-corrected chi connectivity index (χ1v) is 7.32. The maximum atomic E-state index is 13.6. The summed E-state index contributed by atoms with van der Waals surface area (Å²) < 4.78 is 13.6. The number of nitrogens with one attached hydrogen (secondary N) is 2. The van der Waals surface area contributed by atoms with Crippen LogP contribution < -0.4 is 5.32 Å². The van der Waals surface area contributed by atoms with E-state index in [2.05, 4.69) is 15.3 Å². The molecule has 1 aromatic carbocycles. The van der Waals surface area contributed by atoms with Crippen molar-refractivity contribution in [3.63, 3.8) is 0 Å². The molecule has 1 aliphatic carbocycles. The van der Waals surface area contributed by atoms with Crippen LogP contribution in [0.3, 0.4) is 0 Å². The quantitative estimate of drug-likeness (QED) is 0.916. The fourth-order valence-electron chi connectivity index (χ4n) is 2.56. The fourth-order valence-corrected chi connectivity index (χ4v) is 2.81. The zero-order valence-electron chi connectivity index (χ0n) is 11.4. The van der Waals surface area contributed by atoms with Gasteiger partial charge < -0.3 is 10.3 Å². The molecular formula is C15H15ClFN3O. The van der Waals surface area contributed by atoms with Crippen molar-refractivity contribution in [3.8, 4) is 0 Å². The van der Waals surface area contributed by atoms with Crippen molar-refractivity contribution in [2.45, 2.75) is 32.2 Å². The van der Waals surface area contributed by atoms with Crippen LogP contribution in [-0.4, -0.2) is 15.9 Å². The molecular weight excluding hydrogens is 293 g/mol. The minimum atomic E-state index is -0.626. The van der Waals surface area contributed by atoms with Crippen LogP contribution in [-0.2, 0) is 19.4 Å². The van der Waals surface area contributed by atoms with Gasteiger partial charge >= 0.3 is 0 Å². The molecule has 0 saturated heterocycles. The molecule has 0 radical (unpaired) electrons. The van der Waals surface area contributed by atoms with Crippen molar-refractivity contribution in [2.75, 3.05) is 0 Å². The number of imidazole rings is 1. The van der Waals surface area contributed by atoms with Crippen LogP contribution in [0.4, 0.5) is 4.39 Å². The highest BCUT2D eigenvalue weighted by molar-refractivity contribution is 6.33. The number of halogens is 2. The number of nitrogens with zero attached hydrogens (tertiary/aromatic N) is 1. The second-order valence-electron chi connectivity index (χ2n) is 5.10. The summed E-state index contributed by atoms with van der Waals surface area (Å²) in [5, 5.41) is 2.75. The Labute approximate surface area is 126 Å². The Morgan fingerprint density at radius 2 is 2.19 bits per heavy atom. The average Bonchev–Trinajstić information content (AvgIpc) is 2.87. The van der Waals surface area contributed by atoms with Gasteiger partial charge in [-0.15, -0.1) is 0 Å². The lowest BCUT2D eigenvalue weighted by molar-refractivity contribution is 0.0946. The Balaban J connectivity index is 1.70. The van der Waals surface area contributed by atoms with E-state index < -0.39 is 11.7 Å². The third-order valence-corrected chi connectivity index (χ3v) is 3.92. The molecule has 0 saturated carbocycles. The molecule has 1 heterocycles. The maximum Gasteiger partial charge on any atom is 0.256 e. The zero-order valence-corrected chi connectivity index (χ0v) is 12.1. The number of amides is 1. The minimum Gasteiger partial charge on any atom is -0.345 e. The van der Waals surface area contributed by atoms with Crippen molar-refractivity contribution in [1.29, 1.82) is 0 Å². The van der Waals surface area contributed by atoms with E-state index in [-0.39, 0.29) is 17.1 Å². The summed E-state index contributed by atoms with van der Waals surface area (Å²) in [7, 11) is 0. The Kier molecular flexibility index (Phi) is 3.92. The van der Waals surface area contributed by atoms with Crippen molar-refractivity contribution >= 4 is 17.5 Å². The standard InChI is InChI=1S/C15H15ClFN3O/c16-9-4-3-5-10(17)14(9)15(21)18-8-13-19-11-6-1-2-7-12(11)20-13/h3-5H,1-2,6-8H2,(H,18,21)(H,19,20). The van der Waals surface area contributed by atoms with Crippen molar-refractivity contribution in [2.24, 2.45) is 0 Å². The number of carbonyl (C=O) groups is 1. The van der Waals surface area contributed by atoms with E-state index in [1.165, 1.54) is 18.2 Å². The number of H-pyrrole nitrogens is 1. The van der Waals surface area contributed by atoms with Crippen LogP contribution in [0.1, 0.15) is 40.4 Å². The number of hydrogen-bond donors (Lipinski definition) is 2. The Morgan fingerprint density at radius 3 is 2.95 bits per heavy atom. The summed E-state index contributed by atoms with van der Waals surface area (Å²) in [4.78, 5) is 19.7. The van der Waals surface area contributed by atoms with Gasteiger partial charge in [0.2, 0.25) is 0 Å². The molecule has 0 spiro atoms. The fraction of sp³-hybridized carbons (Fsp3) is 0.333. The van der Waals surface area contributed by atoms with Crippen LogP contribution in [0, 0.1) is 5.82 Å². The molecule has 1 aromatic heterocycles. The van der Waals surface area contributed by atoms with Crippen molar-refractivity contribution in [1.82, 2.24) is 15.3 Å². The number of aromatic nitrogens is 2. The van der Waals surface area contributed by atoms with Crippen LogP contribution in [0.25, 0.3) is 0 Å². The number of aromatic amines is 1. The zero-order chi connectivity index (χ0) is 14.8. The van der Waals surface area contributed by atoms with E-state index in [0.717, 1.165) is 37.1 Å². The minimum absolute atomic E-state index is 0.103. The monoisotopic (exact) mass is 307 g/mol. The SMILES string of the molecule is O=C(NCc1nc2c([nH]1)CCCC2)c1c(F)cccc1Cl. The maximum absolute atomic E-state index is 13.6. The highest BCUT2D eigenvalue weighted by Crippen LogP contribution is 2.20. The molecule has 3 rings (SSSR count). The normalized spacial score (nSPS) is 13.8. The lowest BCUT2D eigenvalue weighted by Gasteiger charge is -2.07. The van der Waals surface area contributed by atoms with Gasteiger partial charge in [0, 0.05) is 5.69 Å². The highest BCUT2D eigenvalue weighted by Gasteiger charge is 2.17. The summed E-state index contributed by atoms with van der Waals surface area (Å²) in [5.74, 6) is -0.464. The summed E-state index contributed by atoms with van der Waals surface area (Å²) >= 11 is 5.86. The van der Waals surface area contributed by atoms with E-state index in [9.17, 15) is 9.18 Å². The number of fused-ring (bicyclic) bond motifs is 1. The molecule has 2 N–H and O–H groups in total. The van der Waals surface area contributed by atoms with Crippen LogP contribution in [0.15, 0.2) is 18.2 Å².